The summed E-state index contributed by atoms with van der Waals surface area (Å²) in [5.41, 5.74) is 0.262. The fourth-order valence-corrected chi connectivity index (χ4v) is 5.19. The Labute approximate surface area is 145 Å². The molecular formula is C19H21FN2O3. The van der Waals surface area contributed by atoms with Crippen LogP contribution in [0.5, 0.6) is 0 Å². The van der Waals surface area contributed by atoms with E-state index in [0.29, 0.717) is 24.3 Å². The topological polar surface area (TPSA) is 59.5 Å². The Bertz CT molecular complexity index is 718. The zero-order valence-electron chi connectivity index (χ0n) is 13.9. The van der Waals surface area contributed by atoms with Gasteiger partial charge in [-0.2, -0.15) is 0 Å². The second kappa shape index (κ2) is 5.51. The molecule has 5 atom stereocenters. The van der Waals surface area contributed by atoms with Crippen LogP contribution in [0.1, 0.15) is 42.6 Å². The molecule has 132 valence electrons. The van der Waals surface area contributed by atoms with Crippen molar-refractivity contribution in [3.63, 3.8) is 0 Å². The third kappa shape index (κ3) is 2.53. The smallest absolute Gasteiger partial charge is 0.309 e. The van der Waals surface area contributed by atoms with Gasteiger partial charge in [0.2, 0.25) is 0 Å². The fraction of sp³-hybridized carbons (Fsp3) is 0.632. The van der Waals surface area contributed by atoms with Gasteiger partial charge in [-0.25, -0.2) is 9.37 Å². The van der Waals surface area contributed by atoms with Gasteiger partial charge >= 0.3 is 5.97 Å². The van der Waals surface area contributed by atoms with Gasteiger partial charge in [-0.05, 0) is 62.0 Å². The van der Waals surface area contributed by atoms with Crippen LogP contribution in [0.3, 0.4) is 0 Å². The summed E-state index contributed by atoms with van der Waals surface area (Å²) in [6.45, 7) is 0.688. The molecule has 1 unspecified atom stereocenters. The van der Waals surface area contributed by atoms with Crippen LogP contribution in [0.4, 0.5) is 4.39 Å². The number of rotatable bonds is 3. The summed E-state index contributed by atoms with van der Waals surface area (Å²) in [7, 11) is 0. The van der Waals surface area contributed by atoms with Crippen LogP contribution in [0.2, 0.25) is 0 Å². The number of piperidine rings is 1. The average Bonchev–Trinajstić information content (AvgIpc) is 3.42. The molecule has 25 heavy (non-hydrogen) atoms. The third-order valence-corrected chi connectivity index (χ3v) is 6.35. The van der Waals surface area contributed by atoms with Crippen molar-refractivity contribution in [1.82, 2.24) is 9.88 Å². The van der Waals surface area contributed by atoms with E-state index in [1.807, 2.05) is 4.90 Å². The molecule has 0 radical (unpaired) electrons. The minimum absolute atomic E-state index is 0.0502. The number of hydrogen-bond donors (Lipinski definition) is 0. The quantitative estimate of drug-likeness (QED) is 0.790. The summed E-state index contributed by atoms with van der Waals surface area (Å²) in [6, 6.07) is 2.65. The number of hydrogen-bond acceptors (Lipinski definition) is 4. The summed E-state index contributed by atoms with van der Waals surface area (Å²) in [4.78, 5) is 31.0. The molecule has 1 saturated heterocycles. The lowest BCUT2D eigenvalue weighted by Gasteiger charge is -2.42. The number of ether oxygens (including phenoxy) is 1. The molecule has 3 aliphatic carbocycles. The molecule has 4 fully saturated rings. The van der Waals surface area contributed by atoms with E-state index >= 15 is 0 Å². The van der Waals surface area contributed by atoms with Crippen LogP contribution in [-0.2, 0) is 9.53 Å². The maximum Gasteiger partial charge on any atom is 0.309 e. The van der Waals surface area contributed by atoms with Crippen LogP contribution < -0.4 is 0 Å². The fourth-order valence-electron chi connectivity index (χ4n) is 5.19. The molecule has 3 bridgehead atoms. The Morgan fingerprint density at radius 3 is 2.68 bits per heavy atom. The average molecular weight is 344 g/mol. The number of esters is 1. The number of likely N-dealkylation sites (tertiary alicyclic amines) is 1. The maximum atomic E-state index is 13.1. The molecular weight excluding hydrogens is 323 g/mol. The van der Waals surface area contributed by atoms with Crippen LogP contribution >= 0.6 is 0 Å². The maximum absolute atomic E-state index is 13.1. The van der Waals surface area contributed by atoms with E-state index in [2.05, 4.69) is 4.98 Å². The van der Waals surface area contributed by atoms with Gasteiger partial charge in [-0.15, -0.1) is 0 Å². The van der Waals surface area contributed by atoms with Crippen molar-refractivity contribution in [3.8, 4) is 0 Å². The third-order valence-electron chi connectivity index (χ3n) is 6.35. The van der Waals surface area contributed by atoms with Crippen molar-refractivity contribution >= 4 is 11.9 Å². The summed E-state index contributed by atoms with van der Waals surface area (Å²) in [5.74, 6) is 0.597. The first-order valence-corrected chi connectivity index (χ1v) is 9.23. The first-order valence-electron chi connectivity index (χ1n) is 9.23. The zero-order chi connectivity index (χ0) is 17.1. The number of halogens is 1. The van der Waals surface area contributed by atoms with E-state index in [0.717, 1.165) is 38.3 Å². The Balaban J connectivity index is 1.42. The summed E-state index contributed by atoms with van der Waals surface area (Å²) >= 11 is 0. The molecule has 2 heterocycles. The Morgan fingerprint density at radius 2 is 1.96 bits per heavy atom. The Hall–Kier alpha value is -1.98. The molecule has 5 nitrogen and oxygen atoms in total. The molecule has 5 rings (SSSR count). The van der Waals surface area contributed by atoms with Gasteiger partial charge in [0.25, 0.3) is 5.91 Å². The van der Waals surface area contributed by atoms with Gasteiger partial charge in [0.1, 0.15) is 17.6 Å². The monoisotopic (exact) mass is 344 g/mol. The largest absolute Gasteiger partial charge is 0.460 e. The number of carbonyl (C=O) groups is 2. The molecule has 0 aromatic carbocycles. The van der Waals surface area contributed by atoms with E-state index in [9.17, 15) is 14.0 Å². The summed E-state index contributed by atoms with van der Waals surface area (Å²) in [5, 5.41) is 0. The number of amides is 1. The summed E-state index contributed by atoms with van der Waals surface area (Å²) < 4.78 is 19.0. The Morgan fingerprint density at radius 1 is 1.16 bits per heavy atom. The molecule has 6 heteroatoms. The first-order chi connectivity index (χ1) is 12.1. The van der Waals surface area contributed by atoms with Gasteiger partial charge in [0.05, 0.1) is 18.2 Å². The molecule has 3 saturated carbocycles. The van der Waals surface area contributed by atoms with E-state index in [1.54, 1.807) is 0 Å². The van der Waals surface area contributed by atoms with Gasteiger partial charge in [-0.1, -0.05) is 0 Å². The minimum atomic E-state index is -0.451. The van der Waals surface area contributed by atoms with Crippen LogP contribution in [0.25, 0.3) is 0 Å². The van der Waals surface area contributed by atoms with Gasteiger partial charge in [0.15, 0.2) is 0 Å². The number of carbonyl (C=O) groups excluding carboxylic acids is 2. The lowest BCUT2D eigenvalue weighted by molar-refractivity contribution is -0.154. The minimum Gasteiger partial charge on any atom is -0.460 e. The second-order valence-corrected chi connectivity index (χ2v) is 8.08. The molecule has 1 aromatic heterocycles. The van der Waals surface area contributed by atoms with Crippen molar-refractivity contribution in [2.24, 2.45) is 23.7 Å². The molecule has 1 amide bonds. The SMILES string of the molecule is O=C(O[C@@H]1C2C[C@@H]3C[C@H](C2)[C@@H]1N(C(=O)c1ccc(F)cn1)C3)C1CC1. The lowest BCUT2D eigenvalue weighted by atomic mass is 9.78. The van der Waals surface area contributed by atoms with Gasteiger partial charge < -0.3 is 9.64 Å². The molecule has 0 N–H and O–H groups in total. The van der Waals surface area contributed by atoms with E-state index in [-0.39, 0.29) is 35.6 Å². The molecule has 1 aliphatic heterocycles. The highest BCUT2D eigenvalue weighted by Crippen LogP contribution is 2.52. The molecule has 4 aliphatic rings. The number of fused-ring (bicyclic) bond motifs is 2. The highest BCUT2D eigenvalue weighted by Gasteiger charge is 2.57. The highest BCUT2D eigenvalue weighted by molar-refractivity contribution is 5.92. The molecule has 0 spiro atoms. The van der Waals surface area contributed by atoms with Gasteiger partial charge in [0, 0.05) is 6.54 Å². The van der Waals surface area contributed by atoms with Crippen molar-refractivity contribution in [3.05, 3.63) is 29.8 Å². The zero-order valence-corrected chi connectivity index (χ0v) is 13.9. The number of nitrogens with zero attached hydrogens (tertiary/aromatic N) is 2. The van der Waals surface area contributed by atoms with E-state index in [4.69, 9.17) is 4.74 Å². The molecule has 1 aromatic rings. The second-order valence-electron chi connectivity index (χ2n) is 8.08. The van der Waals surface area contributed by atoms with E-state index < -0.39 is 5.82 Å². The summed E-state index contributed by atoms with van der Waals surface area (Å²) in [6.07, 6.45) is 5.91. The first kappa shape index (κ1) is 15.3. The Kier molecular flexibility index (Phi) is 3.37. The predicted octanol–water partition coefficient (Wildman–Crippen LogP) is 2.41. The van der Waals surface area contributed by atoms with Gasteiger partial charge in [-0.3, -0.25) is 9.59 Å². The normalized spacial score (nSPS) is 35.7. The standard InChI is InChI=1S/C19H21FN2O3/c20-14-3-4-15(21-8-14)18(23)22-9-10-5-12-7-13(6-10)17(16(12)22)25-19(24)11-1-2-11/h3-4,8,10-13,16-17H,1-2,5-7,9H2/t10-,12+,13?,16-,17+/m0/s1. The lowest BCUT2D eigenvalue weighted by Crippen LogP contribution is -2.53. The van der Waals surface area contributed by atoms with Crippen LogP contribution in [-0.4, -0.2) is 40.5 Å². The van der Waals surface area contributed by atoms with Crippen molar-refractivity contribution in [2.75, 3.05) is 6.54 Å². The predicted molar refractivity (Wildman–Crippen MR) is 85.9 cm³/mol. The van der Waals surface area contributed by atoms with Crippen molar-refractivity contribution in [2.45, 2.75) is 44.2 Å². The highest BCUT2D eigenvalue weighted by atomic mass is 19.1. The van der Waals surface area contributed by atoms with Crippen molar-refractivity contribution in [1.29, 1.82) is 0 Å². The van der Waals surface area contributed by atoms with E-state index in [1.165, 1.54) is 12.1 Å². The number of aromatic nitrogens is 1. The van der Waals surface area contributed by atoms with Crippen molar-refractivity contribution < 1.29 is 18.7 Å². The van der Waals surface area contributed by atoms with Crippen LogP contribution in [0.15, 0.2) is 18.3 Å². The number of pyridine rings is 1. The van der Waals surface area contributed by atoms with Crippen LogP contribution in [0, 0.1) is 29.5 Å².